The molecule has 0 fully saturated rings. The van der Waals surface area contributed by atoms with E-state index in [1.54, 1.807) is 5.32 Å². The second-order valence-electron chi connectivity index (χ2n) is 3.64. The van der Waals surface area contributed by atoms with E-state index in [1.807, 2.05) is 0 Å². The summed E-state index contributed by atoms with van der Waals surface area (Å²) in [5, 5.41) is 5.45. The van der Waals surface area contributed by atoms with Gasteiger partial charge in [0.05, 0.1) is 0 Å². The summed E-state index contributed by atoms with van der Waals surface area (Å²) in [5.74, 6) is -7.48. The number of aromatic nitrogens is 2. The third-order valence-corrected chi connectivity index (χ3v) is 2.40. The highest BCUT2D eigenvalue weighted by molar-refractivity contribution is 6.03. The maximum atomic E-state index is 13.3. The van der Waals surface area contributed by atoms with E-state index in [2.05, 4.69) is 5.10 Å². The maximum Gasteiger partial charge on any atom is 0.274 e. The topological polar surface area (TPSA) is 46.9 Å². The molecule has 19 heavy (non-hydrogen) atoms. The van der Waals surface area contributed by atoms with Crippen LogP contribution in [-0.4, -0.2) is 15.7 Å². The highest BCUT2D eigenvalue weighted by atomic mass is 19.2. The van der Waals surface area contributed by atoms with Crippen molar-refractivity contribution >= 4 is 11.6 Å². The van der Waals surface area contributed by atoms with E-state index in [-0.39, 0.29) is 11.8 Å². The van der Waals surface area contributed by atoms with Gasteiger partial charge < -0.3 is 5.32 Å². The van der Waals surface area contributed by atoms with Crippen LogP contribution >= 0.6 is 0 Å². The van der Waals surface area contributed by atoms with Gasteiger partial charge in [-0.2, -0.15) is 5.10 Å². The van der Waals surface area contributed by atoms with Gasteiger partial charge in [0.25, 0.3) is 5.91 Å². The SMILES string of the molecule is Cn1nccc1C(=O)Nc1c(F)c(F)cc(F)c1F. The number of carbonyl (C=O) groups is 1. The van der Waals surface area contributed by atoms with Gasteiger partial charge in [0.2, 0.25) is 0 Å². The molecule has 4 nitrogen and oxygen atoms in total. The Morgan fingerprint density at radius 2 is 1.79 bits per heavy atom. The van der Waals surface area contributed by atoms with Crippen LogP contribution in [-0.2, 0) is 7.05 Å². The first-order chi connectivity index (χ1) is 8.91. The van der Waals surface area contributed by atoms with Crippen molar-refractivity contribution in [2.24, 2.45) is 7.05 Å². The molecule has 0 saturated heterocycles. The highest BCUT2D eigenvalue weighted by Gasteiger charge is 2.22. The number of halogens is 4. The lowest BCUT2D eigenvalue weighted by atomic mass is 10.2. The van der Waals surface area contributed by atoms with Crippen molar-refractivity contribution in [3.8, 4) is 0 Å². The highest BCUT2D eigenvalue weighted by Crippen LogP contribution is 2.24. The first-order valence-corrected chi connectivity index (χ1v) is 5.04. The standard InChI is InChI=1S/C11H7F4N3O/c1-18-7(2-3-16-18)11(19)17-10-8(14)5(12)4-6(13)9(10)15/h2-4H,1H3,(H,17,19). The number of hydrogen-bond acceptors (Lipinski definition) is 2. The molecular formula is C11H7F4N3O. The Morgan fingerprint density at radius 3 is 2.26 bits per heavy atom. The lowest BCUT2D eigenvalue weighted by Crippen LogP contribution is -2.18. The lowest BCUT2D eigenvalue weighted by molar-refractivity contribution is 0.101. The molecule has 0 unspecified atom stereocenters. The molecule has 0 bridgehead atoms. The van der Waals surface area contributed by atoms with Gasteiger partial charge >= 0.3 is 0 Å². The van der Waals surface area contributed by atoms with Gasteiger partial charge in [-0.3, -0.25) is 9.48 Å². The van der Waals surface area contributed by atoms with Crippen LogP contribution in [0.1, 0.15) is 10.5 Å². The van der Waals surface area contributed by atoms with E-state index in [4.69, 9.17) is 0 Å². The van der Waals surface area contributed by atoms with Crippen molar-refractivity contribution in [1.29, 1.82) is 0 Å². The zero-order valence-corrected chi connectivity index (χ0v) is 9.55. The van der Waals surface area contributed by atoms with E-state index >= 15 is 0 Å². The number of nitrogens with zero attached hydrogens (tertiary/aromatic N) is 2. The Bertz CT molecular complexity index is 627. The Morgan fingerprint density at radius 1 is 1.21 bits per heavy atom. The zero-order valence-electron chi connectivity index (χ0n) is 9.55. The summed E-state index contributed by atoms with van der Waals surface area (Å²) < 4.78 is 53.7. The van der Waals surface area contributed by atoms with Gasteiger partial charge in [-0.25, -0.2) is 17.6 Å². The van der Waals surface area contributed by atoms with Crippen LogP contribution in [0.15, 0.2) is 18.3 Å². The van der Waals surface area contributed by atoms with Gasteiger partial charge in [0.15, 0.2) is 23.3 Å². The minimum Gasteiger partial charge on any atom is -0.316 e. The van der Waals surface area contributed by atoms with Crippen molar-refractivity contribution in [2.75, 3.05) is 5.32 Å². The number of anilines is 1. The van der Waals surface area contributed by atoms with E-state index < -0.39 is 34.9 Å². The zero-order chi connectivity index (χ0) is 14.2. The molecule has 8 heteroatoms. The molecule has 2 rings (SSSR count). The summed E-state index contributed by atoms with van der Waals surface area (Å²) in [7, 11) is 1.42. The molecule has 1 aromatic carbocycles. The van der Waals surface area contributed by atoms with Crippen molar-refractivity contribution in [1.82, 2.24) is 9.78 Å². The largest absolute Gasteiger partial charge is 0.316 e. The molecule has 2 aromatic rings. The van der Waals surface area contributed by atoms with Crippen molar-refractivity contribution in [3.63, 3.8) is 0 Å². The van der Waals surface area contributed by atoms with Gasteiger partial charge in [0, 0.05) is 19.3 Å². The number of rotatable bonds is 2. The molecule has 1 aromatic heterocycles. The molecule has 0 radical (unpaired) electrons. The normalized spacial score (nSPS) is 10.6. The van der Waals surface area contributed by atoms with Crippen LogP contribution in [0, 0.1) is 23.3 Å². The fraction of sp³-hybridized carbons (Fsp3) is 0.0909. The summed E-state index contributed by atoms with van der Waals surface area (Å²) in [6.07, 6.45) is 1.29. The average molecular weight is 273 g/mol. The van der Waals surface area contributed by atoms with E-state index in [0.29, 0.717) is 0 Å². The molecular weight excluding hydrogens is 266 g/mol. The maximum absolute atomic E-state index is 13.3. The third kappa shape index (κ3) is 2.28. The molecule has 0 aliphatic carbocycles. The molecule has 0 aliphatic heterocycles. The number of amides is 1. The number of benzene rings is 1. The third-order valence-electron chi connectivity index (χ3n) is 2.40. The second-order valence-corrected chi connectivity index (χ2v) is 3.64. The summed E-state index contributed by atoms with van der Waals surface area (Å²) in [6, 6.07) is 1.34. The molecule has 1 amide bonds. The monoisotopic (exact) mass is 273 g/mol. The Balaban J connectivity index is 2.40. The molecule has 0 spiro atoms. The van der Waals surface area contributed by atoms with E-state index in [9.17, 15) is 22.4 Å². The van der Waals surface area contributed by atoms with Crippen molar-refractivity contribution < 1.29 is 22.4 Å². The van der Waals surface area contributed by atoms with E-state index in [0.717, 1.165) is 4.68 Å². The van der Waals surface area contributed by atoms with Crippen LogP contribution in [0.5, 0.6) is 0 Å². The Labute approximate surface area is 104 Å². The van der Waals surface area contributed by atoms with Crippen molar-refractivity contribution in [2.45, 2.75) is 0 Å². The average Bonchev–Trinajstić information content (AvgIpc) is 2.78. The predicted molar refractivity (Wildman–Crippen MR) is 57.4 cm³/mol. The number of carbonyl (C=O) groups excluding carboxylic acids is 1. The summed E-state index contributed by atoms with van der Waals surface area (Å²) in [5.41, 5.74) is -1.20. The number of nitrogens with one attached hydrogen (secondary N) is 1. The number of hydrogen-bond donors (Lipinski definition) is 1. The molecule has 1 N–H and O–H groups in total. The fourth-order valence-electron chi connectivity index (χ4n) is 1.46. The van der Waals surface area contributed by atoms with Crippen LogP contribution < -0.4 is 5.32 Å². The molecule has 1 heterocycles. The quantitative estimate of drug-likeness (QED) is 0.673. The van der Waals surface area contributed by atoms with Crippen LogP contribution in [0.4, 0.5) is 23.2 Å². The Kier molecular flexibility index (Phi) is 3.24. The minimum absolute atomic E-state index is 0.0246. The van der Waals surface area contributed by atoms with Crippen LogP contribution in [0.3, 0.4) is 0 Å². The molecule has 0 saturated carbocycles. The molecule has 100 valence electrons. The number of aryl methyl sites for hydroxylation is 1. The van der Waals surface area contributed by atoms with Crippen molar-refractivity contribution in [3.05, 3.63) is 47.3 Å². The van der Waals surface area contributed by atoms with Gasteiger partial charge in [-0.05, 0) is 6.07 Å². The Hall–Kier alpha value is -2.38. The van der Waals surface area contributed by atoms with Crippen LogP contribution in [0.2, 0.25) is 0 Å². The second kappa shape index (κ2) is 4.71. The first kappa shape index (κ1) is 13.1. The predicted octanol–water partition coefficient (Wildman–Crippen LogP) is 2.23. The minimum atomic E-state index is -1.67. The fourth-order valence-corrected chi connectivity index (χ4v) is 1.46. The summed E-state index contributed by atoms with van der Waals surface area (Å²) in [6.45, 7) is 0. The molecule has 0 aliphatic rings. The molecule has 0 atom stereocenters. The van der Waals surface area contributed by atoms with Gasteiger partial charge in [-0.15, -0.1) is 0 Å². The first-order valence-electron chi connectivity index (χ1n) is 5.04. The summed E-state index contributed by atoms with van der Waals surface area (Å²) >= 11 is 0. The smallest absolute Gasteiger partial charge is 0.274 e. The van der Waals surface area contributed by atoms with Gasteiger partial charge in [-0.1, -0.05) is 0 Å². The summed E-state index contributed by atoms with van der Waals surface area (Å²) in [4.78, 5) is 11.7. The van der Waals surface area contributed by atoms with Crippen LogP contribution in [0.25, 0.3) is 0 Å². The lowest BCUT2D eigenvalue weighted by Gasteiger charge is -2.08. The van der Waals surface area contributed by atoms with E-state index in [1.165, 1.54) is 19.3 Å². The van der Waals surface area contributed by atoms with Gasteiger partial charge in [0.1, 0.15) is 11.4 Å².